The zero-order valence-electron chi connectivity index (χ0n) is 6.35. The van der Waals surface area contributed by atoms with Gasteiger partial charge >= 0.3 is 29.2 Å². The van der Waals surface area contributed by atoms with Gasteiger partial charge in [-0.15, -0.1) is 0 Å². The molecule has 1 rings (SSSR count). The molecular formula is C6H4Br2F3MgN. The third-order valence-electron chi connectivity index (χ3n) is 0.955. The molecule has 0 bridgehead atoms. The standard InChI is InChI=1S/C6H4F3N.2BrH.Mg/c7-6(8,9)5-3-1-2-4-10-5;;;/h1-4H;2*1H;/q;;;+2/p-2. The van der Waals surface area contributed by atoms with Crippen molar-refractivity contribution in [2.24, 2.45) is 0 Å². The fourth-order valence-electron chi connectivity index (χ4n) is 0.530. The second kappa shape index (κ2) is 8.01. The average molecular weight is 331 g/mol. The number of alkyl halides is 3. The van der Waals surface area contributed by atoms with Crippen molar-refractivity contribution in [3.05, 3.63) is 30.1 Å². The number of aromatic nitrogens is 1. The van der Waals surface area contributed by atoms with E-state index >= 15 is 0 Å². The van der Waals surface area contributed by atoms with Crippen molar-refractivity contribution in [1.82, 2.24) is 4.98 Å². The Labute approximate surface area is 111 Å². The van der Waals surface area contributed by atoms with Gasteiger partial charge in [-0.05, 0) is 12.1 Å². The molecule has 0 saturated heterocycles. The summed E-state index contributed by atoms with van der Waals surface area (Å²) in [5.41, 5.74) is -0.852. The predicted molar refractivity (Wildman–Crippen MR) is 35.0 cm³/mol. The number of halogens is 5. The molecule has 0 aromatic carbocycles. The Hall–Kier alpha value is 0.666. The van der Waals surface area contributed by atoms with Crippen molar-refractivity contribution in [1.29, 1.82) is 0 Å². The maximum Gasteiger partial charge on any atom is 2.00 e. The first-order chi connectivity index (χ1) is 4.61. The minimum absolute atomic E-state index is 0. The van der Waals surface area contributed by atoms with Crippen LogP contribution in [0.1, 0.15) is 5.69 Å². The van der Waals surface area contributed by atoms with Crippen LogP contribution in [0.3, 0.4) is 0 Å². The summed E-state index contributed by atoms with van der Waals surface area (Å²) in [5.74, 6) is 0. The van der Waals surface area contributed by atoms with E-state index in [2.05, 4.69) is 4.98 Å². The molecule has 1 aromatic rings. The van der Waals surface area contributed by atoms with Crippen LogP contribution in [0.25, 0.3) is 0 Å². The van der Waals surface area contributed by atoms with Gasteiger partial charge in [0.25, 0.3) is 0 Å². The van der Waals surface area contributed by atoms with E-state index in [-0.39, 0.29) is 57.0 Å². The van der Waals surface area contributed by atoms with E-state index in [0.717, 1.165) is 12.3 Å². The number of hydrogen-bond donors (Lipinski definition) is 0. The van der Waals surface area contributed by atoms with Crippen LogP contribution < -0.4 is 34.0 Å². The van der Waals surface area contributed by atoms with Gasteiger partial charge in [-0.25, -0.2) is 0 Å². The number of rotatable bonds is 0. The van der Waals surface area contributed by atoms with Crippen LogP contribution in [0.15, 0.2) is 24.4 Å². The van der Waals surface area contributed by atoms with Gasteiger partial charge in [-0.2, -0.15) is 13.2 Å². The molecule has 0 aliphatic heterocycles. The molecule has 1 heterocycles. The summed E-state index contributed by atoms with van der Waals surface area (Å²) in [7, 11) is 0. The average Bonchev–Trinajstić information content (AvgIpc) is 1.88. The van der Waals surface area contributed by atoms with E-state index in [4.69, 9.17) is 0 Å². The van der Waals surface area contributed by atoms with E-state index in [0.29, 0.717) is 0 Å². The molecule has 0 amide bonds. The Morgan fingerprint density at radius 3 is 1.85 bits per heavy atom. The van der Waals surface area contributed by atoms with Crippen molar-refractivity contribution >= 4 is 23.1 Å². The van der Waals surface area contributed by atoms with Crippen molar-refractivity contribution < 1.29 is 47.1 Å². The van der Waals surface area contributed by atoms with Crippen molar-refractivity contribution in [2.45, 2.75) is 6.18 Å². The molecule has 0 atom stereocenters. The zero-order chi connectivity index (χ0) is 7.61. The smallest absolute Gasteiger partial charge is 1.00 e. The van der Waals surface area contributed by atoms with Crippen LogP contribution in [0.5, 0.6) is 0 Å². The molecule has 0 fully saturated rings. The number of pyridine rings is 1. The monoisotopic (exact) mass is 329 g/mol. The summed E-state index contributed by atoms with van der Waals surface area (Å²) in [6.45, 7) is 0. The molecule has 0 aliphatic carbocycles. The van der Waals surface area contributed by atoms with Crippen molar-refractivity contribution in [3.63, 3.8) is 0 Å². The minimum atomic E-state index is -4.32. The summed E-state index contributed by atoms with van der Waals surface area (Å²) < 4.78 is 35.2. The van der Waals surface area contributed by atoms with E-state index in [1.807, 2.05) is 0 Å². The molecule has 1 nitrogen and oxygen atoms in total. The van der Waals surface area contributed by atoms with Crippen molar-refractivity contribution in [3.8, 4) is 0 Å². The summed E-state index contributed by atoms with van der Waals surface area (Å²) in [5, 5.41) is 0. The zero-order valence-corrected chi connectivity index (χ0v) is 10.9. The first kappa shape index (κ1) is 19.3. The number of hydrogen-bond acceptors (Lipinski definition) is 1. The largest absolute Gasteiger partial charge is 2.00 e. The second-order valence-corrected chi connectivity index (χ2v) is 1.71. The summed E-state index contributed by atoms with van der Waals surface area (Å²) in [6, 6.07) is 3.67. The summed E-state index contributed by atoms with van der Waals surface area (Å²) >= 11 is 0. The van der Waals surface area contributed by atoms with Crippen LogP contribution in [-0.4, -0.2) is 28.0 Å². The molecule has 0 unspecified atom stereocenters. The minimum Gasteiger partial charge on any atom is -1.00 e. The van der Waals surface area contributed by atoms with Crippen LogP contribution in [0.4, 0.5) is 13.2 Å². The third-order valence-corrected chi connectivity index (χ3v) is 0.955. The normalized spacial score (nSPS) is 8.85. The maximum atomic E-state index is 11.7. The van der Waals surface area contributed by atoms with Gasteiger partial charge in [0.05, 0.1) is 0 Å². The van der Waals surface area contributed by atoms with E-state index < -0.39 is 11.9 Å². The fourth-order valence-corrected chi connectivity index (χ4v) is 0.530. The van der Waals surface area contributed by atoms with E-state index in [1.54, 1.807) is 0 Å². The molecule has 0 radical (unpaired) electrons. The molecule has 70 valence electrons. The molecule has 0 spiro atoms. The molecule has 1 aromatic heterocycles. The first-order valence-corrected chi connectivity index (χ1v) is 2.59. The van der Waals surface area contributed by atoms with Gasteiger partial charge in [0.15, 0.2) is 0 Å². The Bertz CT molecular complexity index is 217. The fraction of sp³-hybridized carbons (Fsp3) is 0.167. The van der Waals surface area contributed by atoms with Gasteiger partial charge in [0.1, 0.15) is 5.69 Å². The van der Waals surface area contributed by atoms with Crippen LogP contribution >= 0.6 is 0 Å². The molecule has 0 N–H and O–H groups in total. The predicted octanol–water partition coefficient (Wildman–Crippen LogP) is -4.27. The molecule has 0 aliphatic rings. The van der Waals surface area contributed by atoms with Crippen molar-refractivity contribution in [2.75, 3.05) is 0 Å². The third kappa shape index (κ3) is 6.70. The Kier molecular flexibility index (Phi) is 11.9. The number of nitrogens with zero attached hydrogens (tertiary/aromatic N) is 1. The topological polar surface area (TPSA) is 12.9 Å². The quantitative estimate of drug-likeness (QED) is 0.439. The van der Waals surface area contributed by atoms with Gasteiger partial charge in [-0.3, -0.25) is 4.98 Å². The van der Waals surface area contributed by atoms with Crippen LogP contribution in [0, 0.1) is 0 Å². The summed E-state index contributed by atoms with van der Waals surface area (Å²) in [4.78, 5) is 3.12. The first-order valence-electron chi connectivity index (χ1n) is 2.59. The maximum absolute atomic E-state index is 11.7. The SMILES string of the molecule is FC(F)(F)c1ccccn1.[Br-].[Br-].[Mg+2]. The second-order valence-electron chi connectivity index (χ2n) is 1.71. The summed E-state index contributed by atoms with van der Waals surface area (Å²) in [6.07, 6.45) is -3.20. The Morgan fingerprint density at radius 2 is 1.62 bits per heavy atom. The van der Waals surface area contributed by atoms with E-state index in [1.165, 1.54) is 12.1 Å². The van der Waals surface area contributed by atoms with Gasteiger partial charge < -0.3 is 34.0 Å². The van der Waals surface area contributed by atoms with Crippen LogP contribution in [-0.2, 0) is 6.18 Å². The molecule has 7 heteroatoms. The van der Waals surface area contributed by atoms with E-state index in [9.17, 15) is 13.2 Å². The van der Waals surface area contributed by atoms with Gasteiger partial charge in [0, 0.05) is 6.20 Å². The van der Waals surface area contributed by atoms with Crippen LogP contribution in [0.2, 0.25) is 0 Å². The molecule has 0 saturated carbocycles. The van der Waals surface area contributed by atoms with Gasteiger partial charge in [0.2, 0.25) is 0 Å². The molecule has 13 heavy (non-hydrogen) atoms. The molecular weight excluding hydrogens is 327 g/mol. The Morgan fingerprint density at radius 1 is 1.08 bits per heavy atom. The van der Waals surface area contributed by atoms with Gasteiger partial charge in [-0.1, -0.05) is 6.07 Å². The Balaban J connectivity index is -0.000000333.